The Hall–Kier alpha value is -1.93. The van der Waals surface area contributed by atoms with Crippen molar-refractivity contribution in [1.82, 2.24) is 15.2 Å². The Morgan fingerprint density at radius 2 is 2.29 bits per heavy atom. The first-order valence-corrected chi connectivity index (χ1v) is 5.67. The van der Waals surface area contributed by atoms with Crippen LogP contribution in [0.25, 0.3) is 0 Å². The summed E-state index contributed by atoms with van der Waals surface area (Å²) in [6, 6.07) is 5.22. The molecule has 0 spiro atoms. The highest BCUT2D eigenvalue weighted by molar-refractivity contribution is 5.92. The summed E-state index contributed by atoms with van der Waals surface area (Å²) >= 11 is 0. The number of hydrogen-bond acceptors (Lipinski definition) is 4. The molecule has 5 nitrogen and oxygen atoms in total. The first-order valence-electron chi connectivity index (χ1n) is 5.67. The van der Waals surface area contributed by atoms with Crippen molar-refractivity contribution in [2.24, 2.45) is 0 Å². The molecule has 1 N–H and O–H groups in total. The van der Waals surface area contributed by atoms with Crippen LogP contribution in [-0.4, -0.2) is 42.0 Å². The quantitative estimate of drug-likeness (QED) is 0.757. The Balaban J connectivity index is 2.09. The lowest BCUT2D eigenvalue weighted by atomic mass is 10.2. The van der Waals surface area contributed by atoms with E-state index in [9.17, 15) is 4.79 Å². The number of nitriles is 1. The maximum absolute atomic E-state index is 12.1. The Kier molecular flexibility index (Phi) is 3.68. The summed E-state index contributed by atoms with van der Waals surface area (Å²) in [5, 5.41) is 11.9. The molecule has 88 valence electrons. The van der Waals surface area contributed by atoms with Gasteiger partial charge in [0.1, 0.15) is 11.8 Å². The number of pyridine rings is 1. The van der Waals surface area contributed by atoms with E-state index in [0.717, 1.165) is 26.1 Å². The molecule has 0 bridgehead atoms. The third-order valence-electron chi connectivity index (χ3n) is 2.74. The summed E-state index contributed by atoms with van der Waals surface area (Å²) < 4.78 is 0. The molecule has 0 radical (unpaired) electrons. The predicted octanol–water partition coefficient (Wildman–Crippen LogP) is 0.389. The second-order valence-electron chi connectivity index (χ2n) is 3.94. The van der Waals surface area contributed by atoms with Gasteiger partial charge < -0.3 is 10.2 Å². The van der Waals surface area contributed by atoms with Gasteiger partial charge in [-0.05, 0) is 25.1 Å². The molecule has 1 saturated heterocycles. The van der Waals surface area contributed by atoms with E-state index in [1.165, 1.54) is 6.20 Å². The van der Waals surface area contributed by atoms with Gasteiger partial charge in [-0.1, -0.05) is 0 Å². The fourth-order valence-electron chi connectivity index (χ4n) is 1.80. The van der Waals surface area contributed by atoms with Gasteiger partial charge in [0.25, 0.3) is 5.91 Å². The van der Waals surface area contributed by atoms with Gasteiger partial charge in [0.2, 0.25) is 0 Å². The zero-order chi connectivity index (χ0) is 12.1. The number of rotatable bonds is 1. The summed E-state index contributed by atoms with van der Waals surface area (Å²) in [7, 11) is 0. The lowest BCUT2D eigenvalue weighted by molar-refractivity contribution is 0.0760. The first-order chi connectivity index (χ1) is 8.31. The number of nitrogens with one attached hydrogen (secondary N) is 1. The van der Waals surface area contributed by atoms with E-state index in [1.54, 1.807) is 17.0 Å². The van der Waals surface area contributed by atoms with Crippen molar-refractivity contribution in [3.05, 3.63) is 29.6 Å². The van der Waals surface area contributed by atoms with E-state index in [0.29, 0.717) is 17.8 Å². The maximum atomic E-state index is 12.1. The van der Waals surface area contributed by atoms with E-state index in [4.69, 9.17) is 5.26 Å². The van der Waals surface area contributed by atoms with Crippen molar-refractivity contribution in [3.63, 3.8) is 0 Å². The van der Waals surface area contributed by atoms with Gasteiger partial charge in [-0.2, -0.15) is 5.26 Å². The van der Waals surface area contributed by atoms with Crippen molar-refractivity contribution in [2.75, 3.05) is 26.2 Å². The summed E-state index contributed by atoms with van der Waals surface area (Å²) in [5.74, 6) is -0.0572. The second kappa shape index (κ2) is 5.41. The van der Waals surface area contributed by atoms with Crippen molar-refractivity contribution in [2.45, 2.75) is 6.42 Å². The summed E-state index contributed by atoms with van der Waals surface area (Å²) in [6.45, 7) is 3.24. The standard InChI is InChI=1S/C12H14N4O/c13-8-10-2-3-11(15-9-10)12(17)16-6-1-4-14-5-7-16/h2-3,9,14H,1,4-7H2. The van der Waals surface area contributed by atoms with Gasteiger partial charge in [0, 0.05) is 25.8 Å². The Labute approximate surface area is 100 Å². The zero-order valence-corrected chi connectivity index (χ0v) is 9.52. The van der Waals surface area contributed by atoms with Crippen LogP contribution in [0.4, 0.5) is 0 Å². The number of aromatic nitrogens is 1. The van der Waals surface area contributed by atoms with E-state index < -0.39 is 0 Å². The monoisotopic (exact) mass is 230 g/mol. The predicted molar refractivity (Wildman–Crippen MR) is 62.3 cm³/mol. The number of carbonyl (C=O) groups is 1. The van der Waals surface area contributed by atoms with Crippen LogP contribution in [0.3, 0.4) is 0 Å². The SMILES string of the molecule is N#Cc1ccc(C(=O)N2CCCNCC2)nc1. The van der Waals surface area contributed by atoms with Crippen LogP contribution >= 0.6 is 0 Å². The smallest absolute Gasteiger partial charge is 0.272 e. The second-order valence-corrected chi connectivity index (χ2v) is 3.94. The van der Waals surface area contributed by atoms with Crippen LogP contribution < -0.4 is 5.32 Å². The summed E-state index contributed by atoms with van der Waals surface area (Å²) in [6.07, 6.45) is 2.39. The van der Waals surface area contributed by atoms with E-state index in [-0.39, 0.29) is 5.91 Å². The highest BCUT2D eigenvalue weighted by Crippen LogP contribution is 2.05. The zero-order valence-electron chi connectivity index (χ0n) is 9.52. The third-order valence-corrected chi connectivity index (χ3v) is 2.74. The third kappa shape index (κ3) is 2.80. The minimum atomic E-state index is -0.0572. The minimum Gasteiger partial charge on any atom is -0.336 e. The van der Waals surface area contributed by atoms with Crippen molar-refractivity contribution in [3.8, 4) is 6.07 Å². The number of amides is 1. The minimum absolute atomic E-state index is 0.0572. The lowest BCUT2D eigenvalue weighted by Gasteiger charge is -2.19. The van der Waals surface area contributed by atoms with Crippen LogP contribution in [0.15, 0.2) is 18.3 Å². The molecule has 0 aromatic carbocycles. The average molecular weight is 230 g/mol. The van der Waals surface area contributed by atoms with Gasteiger partial charge in [0.05, 0.1) is 5.56 Å². The highest BCUT2D eigenvalue weighted by Gasteiger charge is 2.17. The molecule has 1 aliphatic rings. The molecule has 1 aromatic heterocycles. The molecule has 17 heavy (non-hydrogen) atoms. The van der Waals surface area contributed by atoms with Gasteiger partial charge in [-0.3, -0.25) is 4.79 Å². The maximum Gasteiger partial charge on any atom is 0.272 e. The summed E-state index contributed by atoms with van der Waals surface area (Å²) in [5.41, 5.74) is 0.880. The Morgan fingerprint density at radius 1 is 1.41 bits per heavy atom. The molecule has 1 aliphatic heterocycles. The molecule has 0 aliphatic carbocycles. The molecule has 1 aromatic rings. The molecular formula is C12H14N4O. The van der Waals surface area contributed by atoms with Gasteiger partial charge in [0.15, 0.2) is 0 Å². The van der Waals surface area contributed by atoms with Crippen LogP contribution in [0.5, 0.6) is 0 Å². The van der Waals surface area contributed by atoms with Crippen molar-refractivity contribution in [1.29, 1.82) is 5.26 Å². The lowest BCUT2D eigenvalue weighted by Crippen LogP contribution is -2.34. The Morgan fingerprint density at radius 3 is 3.00 bits per heavy atom. The molecular weight excluding hydrogens is 216 g/mol. The number of hydrogen-bond donors (Lipinski definition) is 1. The molecule has 5 heteroatoms. The Bertz CT molecular complexity index is 427. The van der Waals surface area contributed by atoms with Crippen LogP contribution in [0, 0.1) is 11.3 Å². The fraction of sp³-hybridized carbons (Fsp3) is 0.417. The van der Waals surface area contributed by atoms with E-state index in [2.05, 4.69) is 10.3 Å². The molecule has 0 atom stereocenters. The first kappa shape index (κ1) is 11.6. The molecule has 2 rings (SSSR count). The van der Waals surface area contributed by atoms with Crippen LogP contribution in [0.2, 0.25) is 0 Å². The van der Waals surface area contributed by atoms with Gasteiger partial charge in [-0.15, -0.1) is 0 Å². The van der Waals surface area contributed by atoms with Gasteiger partial charge >= 0.3 is 0 Å². The van der Waals surface area contributed by atoms with E-state index >= 15 is 0 Å². The van der Waals surface area contributed by atoms with Crippen LogP contribution in [-0.2, 0) is 0 Å². The van der Waals surface area contributed by atoms with Crippen molar-refractivity contribution >= 4 is 5.91 Å². The fourth-order valence-corrected chi connectivity index (χ4v) is 1.80. The molecule has 1 amide bonds. The van der Waals surface area contributed by atoms with E-state index in [1.807, 2.05) is 6.07 Å². The molecule has 0 saturated carbocycles. The molecule has 2 heterocycles. The highest BCUT2D eigenvalue weighted by atomic mass is 16.2. The topological polar surface area (TPSA) is 69.0 Å². The summed E-state index contributed by atoms with van der Waals surface area (Å²) in [4.78, 5) is 17.9. The number of nitrogens with zero attached hydrogens (tertiary/aromatic N) is 3. The molecule has 0 unspecified atom stereocenters. The largest absolute Gasteiger partial charge is 0.336 e. The van der Waals surface area contributed by atoms with Crippen molar-refractivity contribution < 1.29 is 4.79 Å². The number of carbonyl (C=O) groups excluding carboxylic acids is 1. The molecule has 1 fully saturated rings. The van der Waals surface area contributed by atoms with Gasteiger partial charge in [-0.25, -0.2) is 4.98 Å². The average Bonchev–Trinajstić information content (AvgIpc) is 2.67. The van der Waals surface area contributed by atoms with Crippen LogP contribution in [0.1, 0.15) is 22.5 Å². The normalized spacial score (nSPS) is 16.1.